The average molecular weight is 246 g/mol. The van der Waals surface area contributed by atoms with E-state index in [0.29, 0.717) is 0 Å². The van der Waals surface area contributed by atoms with E-state index in [9.17, 15) is 0 Å². The Kier molecular flexibility index (Phi) is 2.67. The van der Waals surface area contributed by atoms with E-state index in [1.54, 1.807) is 0 Å². The number of hydrogen-bond acceptors (Lipinski definition) is 0. The maximum absolute atomic E-state index is 4.34. The van der Waals surface area contributed by atoms with E-state index in [2.05, 4.69) is 63.4 Å². The molecule has 0 amide bonds. The van der Waals surface area contributed by atoms with E-state index < -0.39 is 0 Å². The van der Waals surface area contributed by atoms with Gasteiger partial charge in [0.15, 0.2) is 0 Å². The third-order valence-corrected chi connectivity index (χ3v) is 4.06. The summed E-state index contributed by atoms with van der Waals surface area (Å²) in [5, 5.41) is 7.29. The third kappa shape index (κ3) is 1.60. The molecule has 0 unspecified atom stereocenters. The minimum Gasteiger partial charge on any atom is -0.0905 e. The summed E-state index contributed by atoms with van der Waals surface area (Å²) in [7, 11) is 0. The summed E-state index contributed by atoms with van der Waals surface area (Å²) in [4.78, 5) is 0. The quantitative estimate of drug-likeness (QED) is 0.575. The van der Waals surface area contributed by atoms with Crippen molar-refractivity contribution in [3.8, 4) is 0 Å². The smallest absolute Gasteiger partial charge is 0.00705 e. The SMILES string of the molecule is C=c1c2ccccc2c(=C)c2c(CC)ccc(C)c12. The van der Waals surface area contributed by atoms with Gasteiger partial charge in [0.25, 0.3) is 0 Å². The molecular weight excluding hydrogens is 228 g/mol. The summed E-state index contributed by atoms with van der Waals surface area (Å²) >= 11 is 0. The van der Waals surface area contributed by atoms with Gasteiger partial charge in [-0.2, -0.15) is 0 Å². The van der Waals surface area contributed by atoms with E-state index in [0.717, 1.165) is 16.9 Å². The molecule has 0 bridgehead atoms. The van der Waals surface area contributed by atoms with Gasteiger partial charge in [-0.05, 0) is 56.5 Å². The molecule has 0 saturated carbocycles. The molecule has 0 atom stereocenters. The van der Waals surface area contributed by atoms with Crippen LogP contribution in [0.2, 0.25) is 0 Å². The molecule has 0 aliphatic heterocycles. The Morgan fingerprint density at radius 1 is 0.842 bits per heavy atom. The first kappa shape index (κ1) is 12.0. The van der Waals surface area contributed by atoms with Crippen molar-refractivity contribution < 1.29 is 0 Å². The number of rotatable bonds is 1. The lowest BCUT2D eigenvalue weighted by Crippen LogP contribution is -2.15. The summed E-state index contributed by atoms with van der Waals surface area (Å²) in [6, 6.07) is 12.9. The third-order valence-electron chi connectivity index (χ3n) is 4.06. The van der Waals surface area contributed by atoms with Crippen LogP contribution in [0.4, 0.5) is 0 Å². The van der Waals surface area contributed by atoms with Crippen molar-refractivity contribution in [2.45, 2.75) is 20.3 Å². The second kappa shape index (κ2) is 4.24. The summed E-state index contributed by atoms with van der Waals surface area (Å²) < 4.78 is 0. The summed E-state index contributed by atoms with van der Waals surface area (Å²) in [6.07, 6.45) is 1.02. The van der Waals surface area contributed by atoms with Crippen molar-refractivity contribution in [1.82, 2.24) is 0 Å². The van der Waals surface area contributed by atoms with Gasteiger partial charge in [0, 0.05) is 0 Å². The summed E-state index contributed by atoms with van der Waals surface area (Å²) in [6.45, 7) is 13.0. The predicted molar refractivity (Wildman–Crippen MR) is 85.9 cm³/mol. The standard InChI is InChI=1S/C19H18/c1-5-15-11-10-12(2)18-13(3)16-8-6-7-9-17(16)14(4)19(15)18/h6-11H,3-5H2,1-2H3. The van der Waals surface area contributed by atoms with Gasteiger partial charge in [-0.25, -0.2) is 0 Å². The van der Waals surface area contributed by atoms with Gasteiger partial charge in [0.1, 0.15) is 0 Å². The molecule has 0 radical (unpaired) electrons. The van der Waals surface area contributed by atoms with Gasteiger partial charge in [-0.15, -0.1) is 0 Å². The van der Waals surface area contributed by atoms with Gasteiger partial charge in [0.2, 0.25) is 0 Å². The lowest BCUT2D eigenvalue weighted by molar-refractivity contribution is 1.16. The van der Waals surface area contributed by atoms with Crippen LogP contribution in [0.15, 0.2) is 36.4 Å². The van der Waals surface area contributed by atoms with Crippen LogP contribution in [0.5, 0.6) is 0 Å². The van der Waals surface area contributed by atoms with E-state index in [4.69, 9.17) is 0 Å². The van der Waals surface area contributed by atoms with Crippen molar-refractivity contribution >= 4 is 34.7 Å². The number of benzene rings is 3. The topological polar surface area (TPSA) is 0 Å². The van der Waals surface area contributed by atoms with Crippen LogP contribution < -0.4 is 10.4 Å². The molecule has 0 fully saturated rings. The monoisotopic (exact) mass is 246 g/mol. The molecule has 0 aliphatic carbocycles. The zero-order chi connectivity index (χ0) is 13.6. The average Bonchev–Trinajstić information content (AvgIpc) is 2.44. The molecule has 94 valence electrons. The van der Waals surface area contributed by atoms with Crippen molar-refractivity contribution in [3.63, 3.8) is 0 Å². The highest BCUT2D eigenvalue weighted by Gasteiger charge is 2.08. The fourth-order valence-corrected chi connectivity index (χ4v) is 3.06. The van der Waals surface area contributed by atoms with E-state index in [1.165, 1.54) is 32.7 Å². The Labute approximate surface area is 113 Å². The first-order chi connectivity index (χ1) is 9.15. The number of fused-ring (bicyclic) bond motifs is 2. The van der Waals surface area contributed by atoms with Crippen LogP contribution in [-0.4, -0.2) is 0 Å². The molecule has 0 nitrogen and oxygen atoms in total. The van der Waals surface area contributed by atoms with E-state index in [-0.39, 0.29) is 0 Å². The maximum atomic E-state index is 4.34. The minimum atomic E-state index is 1.02. The molecule has 0 spiro atoms. The van der Waals surface area contributed by atoms with Crippen LogP contribution in [0.3, 0.4) is 0 Å². The molecule has 0 heteroatoms. The van der Waals surface area contributed by atoms with Crippen LogP contribution in [0, 0.1) is 6.92 Å². The highest BCUT2D eigenvalue weighted by molar-refractivity contribution is 6.02. The van der Waals surface area contributed by atoms with Crippen LogP contribution in [0.1, 0.15) is 18.1 Å². The van der Waals surface area contributed by atoms with Gasteiger partial charge in [-0.1, -0.05) is 56.5 Å². The lowest BCUT2D eigenvalue weighted by atomic mass is 9.92. The first-order valence-corrected chi connectivity index (χ1v) is 6.76. The Balaban J connectivity index is 2.76. The van der Waals surface area contributed by atoms with Crippen LogP contribution >= 0.6 is 0 Å². The molecule has 3 aromatic rings. The van der Waals surface area contributed by atoms with Crippen molar-refractivity contribution in [2.24, 2.45) is 0 Å². The van der Waals surface area contributed by atoms with E-state index in [1.807, 2.05) is 0 Å². The van der Waals surface area contributed by atoms with Crippen molar-refractivity contribution in [3.05, 3.63) is 58.0 Å². The second-order valence-electron chi connectivity index (χ2n) is 5.15. The molecule has 3 rings (SSSR count). The number of hydrogen-bond donors (Lipinski definition) is 0. The Bertz CT molecular complexity index is 885. The highest BCUT2D eigenvalue weighted by Crippen LogP contribution is 2.20. The Morgan fingerprint density at radius 3 is 2.00 bits per heavy atom. The molecule has 0 N–H and O–H groups in total. The maximum Gasteiger partial charge on any atom is -0.00705 e. The fraction of sp³-hybridized carbons (Fsp3) is 0.158. The Hall–Kier alpha value is -2.08. The molecule has 3 aromatic carbocycles. The molecule has 0 saturated heterocycles. The second-order valence-corrected chi connectivity index (χ2v) is 5.15. The molecule has 19 heavy (non-hydrogen) atoms. The normalized spacial score (nSPS) is 11.3. The predicted octanol–water partition coefficient (Wildman–Crippen LogP) is 3.68. The van der Waals surface area contributed by atoms with Crippen LogP contribution in [-0.2, 0) is 6.42 Å². The molecular formula is C19H18. The fourth-order valence-electron chi connectivity index (χ4n) is 3.06. The zero-order valence-electron chi connectivity index (χ0n) is 11.6. The zero-order valence-corrected chi connectivity index (χ0v) is 11.6. The molecule has 0 aliphatic rings. The van der Waals surface area contributed by atoms with Crippen molar-refractivity contribution in [1.29, 1.82) is 0 Å². The van der Waals surface area contributed by atoms with Gasteiger partial charge >= 0.3 is 0 Å². The minimum absolute atomic E-state index is 1.02. The van der Waals surface area contributed by atoms with Gasteiger partial charge in [0.05, 0.1) is 0 Å². The summed E-state index contributed by atoms with van der Waals surface area (Å²) in [5.41, 5.74) is 2.65. The van der Waals surface area contributed by atoms with E-state index >= 15 is 0 Å². The van der Waals surface area contributed by atoms with Crippen LogP contribution in [0.25, 0.3) is 34.7 Å². The number of aryl methyl sites for hydroxylation is 2. The lowest BCUT2D eigenvalue weighted by Gasteiger charge is -2.12. The van der Waals surface area contributed by atoms with Gasteiger partial charge in [-0.3, -0.25) is 0 Å². The van der Waals surface area contributed by atoms with Crippen molar-refractivity contribution in [2.75, 3.05) is 0 Å². The first-order valence-electron chi connectivity index (χ1n) is 6.76. The molecule has 0 aromatic heterocycles. The molecule has 0 heterocycles. The van der Waals surface area contributed by atoms with Gasteiger partial charge < -0.3 is 0 Å². The Morgan fingerprint density at radius 2 is 1.42 bits per heavy atom. The largest absolute Gasteiger partial charge is 0.0905 e. The summed E-state index contributed by atoms with van der Waals surface area (Å²) in [5.74, 6) is 0. The highest BCUT2D eigenvalue weighted by atomic mass is 14.1.